The average molecular weight is 402 g/mol. The Morgan fingerprint density at radius 2 is 1.93 bits per heavy atom. The van der Waals surface area contributed by atoms with Crippen LogP contribution in [0.4, 0.5) is 0 Å². The van der Waals surface area contributed by atoms with Gasteiger partial charge in [-0.05, 0) is 44.9 Å². The summed E-state index contributed by atoms with van der Waals surface area (Å²) in [4.78, 5) is 38.1. The van der Waals surface area contributed by atoms with E-state index in [4.69, 9.17) is 13.9 Å². The Morgan fingerprint density at radius 1 is 1.21 bits per heavy atom. The van der Waals surface area contributed by atoms with Crippen LogP contribution in [0.2, 0.25) is 0 Å². The van der Waals surface area contributed by atoms with Crippen molar-refractivity contribution in [1.82, 2.24) is 9.47 Å². The number of hydrogen-bond acceptors (Lipinski definition) is 6. The van der Waals surface area contributed by atoms with Crippen molar-refractivity contribution in [1.29, 1.82) is 0 Å². The molecule has 0 unspecified atom stereocenters. The van der Waals surface area contributed by atoms with Crippen LogP contribution in [0.15, 0.2) is 28.9 Å². The van der Waals surface area contributed by atoms with Gasteiger partial charge in [0.25, 0.3) is 5.91 Å². The summed E-state index contributed by atoms with van der Waals surface area (Å²) in [7, 11) is 1.37. The second-order valence-corrected chi connectivity index (χ2v) is 7.20. The van der Waals surface area contributed by atoms with Gasteiger partial charge in [-0.1, -0.05) is 0 Å². The molecule has 156 valence electrons. The molecule has 0 saturated carbocycles. The summed E-state index contributed by atoms with van der Waals surface area (Å²) >= 11 is 0. The number of amides is 1. The molecule has 0 atom stereocenters. The number of ether oxygens (including phenoxy) is 2. The molecule has 0 aromatic carbocycles. The Hall–Kier alpha value is -3.03. The maximum Gasteiger partial charge on any atom is 0.340 e. The normalized spacial score (nSPS) is 14.7. The zero-order chi connectivity index (χ0) is 21.0. The number of rotatable bonds is 6. The summed E-state index contributed by atoms with van der Waals surface area (Å²) in [5.41, 5.74) is 2.10. The molecule has 0 bridgehead atoms. The number of carbonyl (C=O) groups excluding carboxylic acids is 3. The molecule has 8 heteroatoms. The lowest BCUT2D eigenvalue weighted by molar-refractivity contribution is -0.149. The van der Waals surface area contributed by atoms with E-state index in [1.165, 1.54) is 7.11 Å². The minimum absolute atomic E-state index is 0.175. The highest BCUT2D eigenvalue weighted by molar-refractivity contribution is 5.92. The second kappa shape index (κ2) is 8.98. The molecule has 1 saturated heterocycles. The first-order valence-electron chi connectivity index (χ1n) is 9.62. The van der Waals surface area contributed by atoms with E-state index in [2.05, 4.69) is 0 Å². The molecule has 29 heavy (non-hydrogen) atoms. The molecule has 0 spiro atoms. The number of aromatic nitrogens is 1. The number of hydrogen-bond donors (Lipinski definition) is 0. The highest BCUT2D eigenvalue weighted by Gasteiger charge is 2.28. The summed E-state index contributed by atoms with van der Waals surface area (Å²) < 4.78 is 17.4. The summed E-state index contributed by atoms with van der Waals surface area (Å²) in [6.45, 7) is 4.85. The highest BCUT2D eigenvalue weighted by Crippen LogP contribution is 2.20. The fourth-order valence-corrected chi connectivity index (χ4v) is 3.64. The van der Waals surface area contributed by atoms with Crippen molar-refractivity contribution < 1.29 is 28.3 Å². The second-order valence-electron chi connectivity index (χ2n) is 7.20. The van der Waals surface area contributed by atoms with Crippen LogP contribution in [0.25, 0.3) is 0 Å². The van der Waals surface area contributed by atoms with Crippen LogP contribution in [0, 0.1) is 19.8 Å². The Balaban J connectivity index is 1.54. The third kappa shape index (κ3) is 4.70. The van der Waals surface area contributed by atoms with E-state index in [0.717, 1.165) is 17.1 Å². The summed E-state index contributed by atoms with van der Waals surface area (Å²) in [6, 6.07) is 5.45. The first-order valence-corrected chi connectivity index (χ1v) is 9.62. The Kier molecular flexibility index (Phi) is 6.41. The molecular formula is C21H26N2O6. The highest BCUT2D eigenvalue weighted by atomic mass is 16.5. The SMILES string of the molecule is COC(=O)C1CCN(C(=O)COC(=O)c2cc(C)n(Cc3ccco3)c2C)CC1. The van der Waals surface area contributed by atoms with Gasteiger partial charge in [0, 0.05) is 24.5 Å². The number of methoxy groups -OCH3 is 1. The van der Waals surface area contributed by atoms with Gasteiger partial charge in [-0.25, -0.2) is 4.79 Å². The third-order valence-electron chi connectivity index (χ3n) is 5.40. The van der Waals surface area contributed by atoms with Crippen LogP contribution in [0.3, 0.4) is 0 Å². The zero-order valence-electron chi connectivity index (χ0n) is 17.0. The lowest BCUT2D eigenvalue weighted by Gasteiger charge is -2.30. The van der Waals surface area contributed by atoms with E-state index < -0.39 is 5.97 Å². The van der Waals surface area contributed by atoms with Gasteiger partial charge >= 0.3 is 11.9 Å². The van der Waals surface area contributed by atoms with E-state index >= 15 is 0 Å². The van der Waals surface area contributed by atoms with Crippen LogP contribution >= 0.6 is 0 Å². The van der Waals surface area contributed by atoms with Crippen molar-refractivity contribution in [2.75, 3.05) is 26.8 Å². The first-order chi connectivity index (χ1) is 13.9. The monoisotopic (exact) mass is 402 g/mol. The summed E-state index contributed by atoms with van der Waals surface area (Å²) in [6.07, 6.45) is 2.72. The van der Waals surface area contributed by atoms with Crippen LogP contribution in [-0.4, -0.2) is 54.1 Å². The standard InChI is InChI=1S/C21H26N2O6/c1-14-11-18(15(2)23(14)12-17-5-4-10-28-17)21(26)29-13-19(24)22-8-6-16(7-9-22)20(25)27-3/h4-5,10-11,16H,6-9,12-13H2,1-3H3. The van der Waals surface area contributed by atoms with E-state index in [1.54, 1.807) is 17.2 Å². The van der Waals surface area contributed by atoms with Crippen LogP contribution < -0.4 is 0 Å². The van der Waals surface area contributed by atoms with Gasteiger partial charge < -0.3 is 23.4 Å². The molecule has 3 rings (SSSR count). The molecule has 1 fully saturated rings. The smallest absolute Gasteiger partial charge is 0.340 e. The van der Waals surface area contributed by atoms with Gasteiger partial charge in [0.15, 0.2) is 6.61 Å². The Labute approximate surface area is 169 Å². The van der Waals surface area contributed by atoms with Gasteiger partial charge in [0.1, 0.15) is 5.76 Å². The van der Waals surface area contributed by atoms with E-state index in [-0.39, 0.29) is 24.4 Å². The van der Waals surface area contributed by atoms with Gasteiger partial charge in [0.2, 0.25) is 0 Å². The molecule has 3 heterocycles. The number of esters is 2. The summed E-state index contributed by atoms with van der Waals surface area (Å²) in [5.74, 6) is -0.413. The third-order valence-corrected chi connectivity index (χ3v) is 5.40. The predicted octanol–water partition coefficient (Wildman–Crippen LogP) is 2.31. The van der Waals surface area contributed by atoms with Crippen LogP contribution in [0.5, 0.6) is 0 Å². The van der Waals surface area contributed by atoms with Crippen LogP contribution in [-0.2, 0) is 25.6 Å². The maximum atomic E-state index is 12.5. The lowest BCUT2D eigenvalue weighted by atomic mass is 9.97. The molecule has 8 nitrogen and oxygen atoms in total. The number of likely N-dealkylation sites (tertiary alicyclic amines) is 1. The zero-order valence-corrected chi connectivity index (χ0v) is 17.0. The fourth-order valence-electron chi connectivity index (χ4n) is 3.64. The van der Waals surface area contributed by atoms with E-state index in [1.807, 2.05) is 30.5 Å². The molecule has 0 N–H and O–H groups in total. The number of piperidine rings is 1. The number of carbonyl (C=O) groups is 3. The predicted molar refractivity (Wildman–Crippen MR) is 103 cm³/mol. The Bertz CT molecular complexity index is 875. The quantitative estimate of drug-likeness (QED) is 0.689. The number of nitrogens with zero attached hydrogens (tertiary/aromatic N) is 2. The molecular weight excluding hydrogens is 376 g/mol. The van der Waals surface area contributed by atoms with Crippen LogP contribution in [0.1, 0.15) is 40.3 Å². The maximum absolute atomic E-state index is 12.5. The van der Waals surface area contributed by atoms with E-state index in [9.17, 15) is 14.4 Å². The number of furan rings is 1. The fraction of sp³-hybridized carbons (Fsp3) is 0.476. The molecule has 1 aliphatic heterocycles. The minimum Gasteiger partial charge on any atom is -0.469 e. The molecule has 2 aromatic rings. The minimum atomic E-state index is -0.526. The van der Waals surface area contributed by atoms with Gasteiger partial charge in [-0.3, -0.25) is 9.59 Å². The molecule has 1 amide bonds. The van der Waals surface area contributed by atoms with Gasteiger partial charge in [-0.15, -0.1) is 0 Å². The largest absolute Gasteiger partial charge is 0.469 e. The average Bonchev–Trinajstić information content (AvgIpc) is 3.35. The van der Waals surface area contributed by atoms with E-state index in [0.29, 0.717) is 38.0 Å². The van der Waals surface area contributed by atoms with Crippen molar-refractivity contribution in [3.8, 4) is 0 Å². The summed E-state index contributed by atoms with van der Waals surface area (Å²) in [5, 5.41) is 0. The number of aryl methyl sites for hydroxylation is 1. The van der Waals surface area contributed by atoms with Crippen molar-refractivity contribution in [3.63, 3.8) is 0 Å². The molecule has 0 radical (unpaired) electrons. The van der Waals surface area contributed by atoms with Crippen molar-refractivity contribution >= 4 is 17.8 Å². The van der Waals surface area contributed by atoms with Crippen molar-refractivity contribution in [3.05, 3.63) is 47.2 Å². The molecule has 2 aromatic heterocycles. The molecule has 0 aliphatic carbocycles. The van der Waals surface area contributed by atoms with Gasteiger partial charge in [-0.2, -0.15) is 0 Å². The topological polar surface area (TPSA) is 91.0 Å². The van der Waals surface area contributed by atoms with Crippen molar-refractivity contribution in [2.45, 2.75) is 33.2 Å². The van der Waals surface area contributed by atoms with Crippen molar-refractivity contribution in [2.24, 2.45) is 5.92 Å². The Morgan fingerprint density at radius 3 is 2.55 bits per heavy atom. The molecule has 1 aliphatic rings. The first kappa shape index (κ1) is 20.7. The lowest BCUT2D eigenvalue weighted by Crippen LogP contribution is -2.42. The van der Waals surface area contributed by atoms with Gasteiger partial charge in [0.05, 0.1) is 31.4 Å².